The first-order valence-electron chi connectivity index (χ1n) is 6.77. The third-order valence-corrected chi connectivity index (χ3v) is 3.03. The van der Waals surface area contributed by atoms with Gasteiger partial charge in [0.15, 0.2) is 0 Å². The number of ether oxygens (including phenoxy) is 2. The standard InChI is InChI=1S/C14H18N2O5/c1-9(6-13(17)18)16-14(19)10-2-4-15-12(7-10)21-11-3-5-20-8-11/h2,4,7,9,11H,3,5-6,8H2,1H3,(H,16,19)(H,17,18). The molecule has 2 rings (SSSR count). The summed E-state index contributed by atoms with van der Waals surface area (Å²) in [6.07, 6.45) is 2.12. The van der Waals surface area contributed by atoms with Crippen molar-refractivity contribution in [1.82, 2.24) is 10.3 Å². The van der Waals surface area contributed by atoms with E-state index in [4.69, 9.17) is 14.6 Å². The van der Waals surface area contributed by atoms with Gasteiger partial charge in [0, 0.05) is 30.3 Å². The molecule has 7 heteroatoms. The lowest BCUT2D eigenvalue weighted by Gasteiger charge is -2.13. The van der Waals surface area contributed by atoms with Crippen LogP contribution in [0.1, 0.15) is 30.1 Å². The van der Waals surface area contributed by atoms with E-state index in [-0.39, 0.29) is 18.4 Å². The molecule has 0 aliphatic carbocycles. The number of nitrogens with zero attached hydrogens (tertiary/aromatic N) is 1. The zero-order chi connectivity index (χ0) is 15.2. The Bertz CT molecular complexity index is 514. The maximum Gasteiger partial charge on any atom is 0.305 e. The van der Waals surface area contributed by atoms with E-state index in [1.54, 1.807) is 19.1 Å². The molecule has 0 radical (unpaired) electrons. The van der Waals surface area contributed by atoms with Crippen LogP contribution in [-0.2, 0) is 9.53 Å². The van der Waals surface area contributed by atoms with Gasteiger partial charge in [-0.2, -0.15) is 0 Å². The molecule has 0 bridgehead atoms. The number of aromatic nitrogens is 1. The van der Waals surface area contributed by atoms with Gasteiger partial charge in [0.25, 0.3) is 5.91 Å². The van der Waals surface area contributed by atoms with E-state index < -0.39 is 12.0 Å². The maximum absolute atomic E-state index is 12.0. The van der Waals surface area contributed by atoms with Crippen molar-refractivity contribution >= 4 is 11.9 Å². The summed E-state index contributed by atoms with van der Waals surface area (Å²) < 4.78 is 10.8. The van der Waals surface area contributed by atoms with Gasteiger partial charge >= 0.3 is 5.97 Å². The highest BCUT2D eigenvalue weighted by Gasteiger charge is 2.19. The number of aliphatic carboxylic acids is 1. The van der Waals surface area contributed by atoms with Crippen LogP contribution in [0.2, 0.25) is 0 Å². The zero-order valence-electron chi connectivity index (χ0n) is 11.7. The molecular formula is C14H18N2O5. The number of hydrogen-bond donors (Lipinski definition) is 2. The average Bonchev–Trinajstić information content (AvgIpc) is 2.90. The molecule has 1 saturated heterocycles. The van der Waals surface area contributed by atoms with E-state index in [2.05, 4.69) is 10.3 Å². The molecule has 2 N–H and O–H groups in total. The fourth-order valence-corrected chi connectivity index (χ4v) is 2.01. The van der Waals surface area contributed by atoms with Gasteiger partial charge in [-0.3, -0.25) is 9.59 Å². The van der Waals surface area contributed by atoms with Crippen LogP contribution in [0, 0.1) is 0 Å². The number of pyridine rings is 1. The summed E-state index contributed by atoms with van der Waals surface area (Å²) >= 11 is 0. The van der Waals surface area contributed by atoms with Gasteiger partial charge in [-0.1, -0.05) is 0 Å². The third kappa shape index (κ3) is 4.71. The monoisotopic (exact) mass is 294 g/mol. The van der Waals surface area contributed by atoms with Crippen molar-refractivity contribution in [3.63, 3.8) is 0 Å². The molecule has 0 spiro atoms. The average molecular weight is 294 g/mol. The van der Waals surface area contributed by atoms with Crippen molar-refractivity contribution in [2.24, 2.45) is 0 Å². The summed E-state index contributed by atoms with van der Waals surface area (Å²) in [5.41, 5.74) is 0.385. The van der Waals surface area contributed by atoms with Crippen LogP contribution < -0.4 is 10.1 Å². The highest BCUT2D eigenvalue weighted by atomic mass is 16.5. The van der Waals surface area contributed by atoms with Gasteiger partial charge in [0.1, 0.15) is 6.10 Å². The summed E-state index contributed by atoms with van der Waals surface area (Å²) in [6.45, 7) is 2.83. The van der Waals surface area contributed by atoms with Gasteiger partial charge in [-0.25, -0.2) is 4.98 Å². The van der Waals surface area contributed by atoms with Crippen LogP contribution in [0.5, 0.6) is 5.88 Å². The number of amides is 1. The number of hydrogen-bond acceptors (Lipinski definition) is 5. The van der Waals surface area contributed by atoms with Crippen molar-refractivity contribution in [2.45, 2.75) is 31.9 Å². The fraction of sp³-hybridized carbons (Fsp3) is 0.500. The molecule has 1 aromatic rings. The number of carbonyl (C=O) groups is 2. The first-order chi connectivity index (χ1) is 10.0. The minimum Gasteiger partial charge on any atom is -0.481 e. The number of nitrogens with one attached hydrogen (secondary N) is 1. The fourth-order valence-electron chi connectivity index (χ4n) is 2.01. The molecule has 2 atom stereocenters. The van der Waals surface area contributed by atoms with E-state index in [9.17, 15) is 9.59 Å². The first kappa shape index (κ1) is 15.2. The molecule has 0 aromatic carbocycles. The second kappa shape index (κ2) is 7.03. The van der Waals surface area contributed by atoms with E-state index in [0.29, 0.717) is 24.7 Å². The Kier molecular flexibility index (Phi) is 5.10. The molecular weight excluding hydrogens is 276 g/mol. The molecule has 1 amide bonds. The lowest BCUT2D eigenvalue weighted by molar-refractivity contribution is -0.137. The number of carboxylic acid groups (broad SMARTS) is 1. The number of carboxylic acids is 1. The Labute approximate surface area is 122 Å². The van der Waals surface area contributed by atoms with Crippen LogP contribution in [0.4, 0.5) is 0 Å². The van der Waals surface area contributed by atoms with Crippen molar-refractivity contribution in [2.75, 3.05) is 13.2 Å². The topological polar surface area (TPSA) is 97.8 Å². The van der Waals surface area contributed by atoms with Crippen LogP contribution in [0.3, 0.4) is 0 Å². The summed E-state index contributed by atoms with van der Waals surface area (Å²) in [7, 11) is 0. The van der Waals surface area contributed by atoms with Crippen LogP contribution in [0.25, 0.3) is 0 Å². The molecule has 1 aliphatic heterocycles. The second-order valence-corrected chi connectivity index (χ2v) is 4.96. The van der Waals surface area contributed by atoms with Crippen LogP contribution in [-0.4, -0.2) is 47.3 Å². The van der Waals surface area contributed by atoms with Crippen molar-refractivity contribution in [3.05, 3.63) is 23.9 Å². The van der Waals surface area contributed by atoms with Crippen LogP contribution in [0.15, 0.2) is 18.3 Å². The highest BCUT2D eigenvalue weighted by molar-refractivity contribution is 5.94. The Morgan fingerprint density at radius 2 is 2.43 bits per heavy atom. The van der Waals surface area contributed by atoms with Gasteiger partial charge in [-0.05, 0) is 13.0 Å². The maximum atomic E-state index is 12.0. The smallest absolute Gasteiger partial charge is 0.305 e. The molecule has 0 saturated carbocycles. The molecule has 21 heavy (non-hydrogen) atoms. The minimum atomic E-state index is -0.956. The van der Waals surface area contributed by atoms with E-state index in [0.717, 1.165) is 6.42 Å². The molecule has 2 heterocycles. The number of carbonyl (C=O) groups excluding carboxylic acids is 1. The van der Waals surface area contributed by atoms with Crippen molar-refractivity contribution in [3.8, 4) is 5.88 Å². The summed E-state index contributed by atoms with van der Waals surface area (Å²) in [5, 5.41) is 11.3. The van der Waals surface area contributed by atoms with Crippen molar-refractivity contribution in [1.29, 1.82) is 0 Å². The molecule has 7 nitrogen and oxygen atoms in total. The third-order valence-electron chi connectivity index (χ3n) is 3.03. The summed E-state index contributed by atoms with van der Waals surface area (Å²) in [6, 6.07) is 2.65. The lowest BCUT2D eigenvalue weighted by atomic mass is 10.2. The van der Waals surface area contributed by atoms with Crippen molar-refractivity contribution < 1.29 is 24.2 Å². The molecule has 1 fully saturated rings. The molecule has 1 aliphatic rings. The largest absolute Gasteiger partial charge is 0.481 e. The van der Waals surface area contributed by atoms with Gasteiger partial charge in [-0.15, -0.1) is 0 Å². The van der Waals surface area contributed by atoms with Gasteiger partial charge in [0.2, 0.25) is 5.88 Å². The molecule has 114 valence electrons. The first-order valence-corrected chi connectivity index (χ1v) is 6.77. The Morgan fingerprint density at radius 3 is 3.10 bits per heavy atom. The highest BCUT2D eigenvalue weighted by Crippen LogP contribution is 2.15. The summed E-state index contributed by atoms with van der Waals surface area (Å²) in [4.78, 5) is 26.7. The van der Waals surface area contributed by atoms with Gasteiger partial charge in [0.05, 0.1) is 19.6 Å². The lowest BCUT2D eigenvalue weighted by Crippen LogP contribution is -2.34. The summed E-state index contributed by atoms with van der Waals surface area (Å²) in [5.74, 6) is -0.939. The van der Waals surface area contributed by atoms with E-state index >= 15 is 0 Å². The quantitative estimate of drug-likeness (QED) is 0.807. The predicted octanol–water partition coefficient (Wildman–Crippen LogP) is 0.842. The van der Waals surface area contributed by atoms with E-state index in [1.165, 1.54) is 6.20 Å². The molecule has 2 unspecified atom stereocenters. The number of rotatable bonds is 6. The normalized spacial score (nSPS) is 19.0. The zero-order valence-corrected chi connectivity index (χ0v) is 11.7. The Balaban J connectivity index is 1.95. The minimum absolute atomic E-state index is 0.0401. The second-order valence-electron chi connectivity index (χ2n) is 4.96. The van der Waals surface area contributed by atoms with E-state index in [1.807, 2.05) is 0 Å². The van der Waals surface area contributed by atoms with Gasteiger partial charge < -0.3 is 19.9 Å². The SMILES string of the molecule is CC(CC(=O)O)NC(=O)c1ccnc(OC2CCOC2)c1. The predicted molar refractivity (Wildman–Crippen MR) is 73.3 cm³/mol. The Hall–Kier alpha value is -2.15. The van der Waals surface area contributed by atoms with Crippen LogP contribution >= 0.6 is 0 Å². The molecule has 1 aromatic heterocycles. The Morgan fingerprint density at radius 1 is 1.62 bits per heavy atom.